The van der Waals surface area contributed by atoms with Crippen LogP contribution in [0.2, 0.25) is 0 Å². The van der Waals surface area contributed by atoms with E-state index in [0.717, 1.165) is 5.69 Å². The first-order valence-corrected chi connectivity index (χ1v) is 3.66. The summed E-state index contributed by atoms with van der Waals surface area (Å²) in [4.78, 5) is 12.7. The number of aryl methyl sites for hydroxylation is 1. The molecule has 0 aliphatic carbocycles. The van der Waals surface area contributed by atoms with Crippen molar-refractivity contribution in [2.24, 2.45) is 0 Å². The van der Waals surface area contributed by atoms with Crippen LogP contribution in [-0.2, 0) is 11.3 Å². The van der Waals surface area contributed by atoms with E-state index in [1.165, 1.54) is 4.90 Å². The highest BCUT2D eigenvalue weighted by Crippen LogP contribution is 1.93. The topological polar surface area (TPSA) is 51.0 Å². The van der Waals surface area contributed by atoms with Crippen molar-refractivity contribution in [2.75, 3.05) is 14.1 Å². The lowest BCUT2D eigenvalue weighted by Gasteiger charge is -2.09. The standard InChI is InChI=1S/C7H12N4O/c1-6-4-8-9-11(6)5-7(12)10(2)3/h4H,5H2,1-3H3. The number of hydrogen-bond donors (Lipinski definition) is 0. The highest BCUT2D eigenvalue weighted by molar-refractivity contribution is 5.75. The second-order valence-electron chi connectivity index (χ2n) is 2.82. The summed E-state index contributed by atoms with van der Waals surface area (Å²) in [7, 11) is 3.43. The number of carbonyl (C=O) groups is 1. The van der Waals surface area contributed by atoms with E-state index in [4.69, 9.17) is 0 Å². The molecular formula is C7H12N4O. The fourth-order valence-electron chi connectivity index (χ4n) is 0.735. The van der Waals surface area contributed by atoms with E-state index in [-0.39, 0.29) is 12.5 Å². The van der Waals surface area contributed by atoms with Crippen LogP contribution in [0.15, 0.2) is 6.20 Å². The molecule has 0 aliphatic heterocycles. The van der Waals surface area contributed by atoms with Gasteiger partial charge in [-0.15, -0.1) is 5.10 Å². The highest BCUT2D eigenvalue weighted by Gasteiger charge is 2.06. The van der Waals surface area contributed by atoms with Gasteiger partial charge in [-0.25, -0.2) is 4.68 Å². The smallest absolute Gasteiger partial charge is 0.243 e. The third kappa shape index (κ3) is 1.81. The highest BCUT2D eigenvalue weighted by atomic mass is 16.2. The summed E-state index contributed by atoms with van der Waals surface area (Å²) in [6.45, 7) is 2.13. The van der Waals surface area contributed by atoms with Gasteiger partial charge in [0.15, 0.2) is 0 Å². The number of rotatable bonds is 2. The molecule has 5 heteroatoms. The molecule has 0 unspecified atom stereocenters. The molecule has 1 heterocycles. The molecule has 1 rings (SSSR count). The Balaban J connectivity index is 2.64. The van der Waals surface area contributed by atoms with Crippen LogP contribution in [-0.4, -0.2) is 39.9 Å². The fourth-order valence-corrected chi connectivity index (χ4v) is 0.735. The predicted octanol–water partition coefficient (Wildman–Crippen LogP) is -0.325. The quantitative estimate of drug-likeness (QED) is 0.608. The van der Waals surface area contributed by atoms with E-state index in [0.29, 0.717) is 0 Å². The normalized spacial score (nSPS) is 9.92. The lowest BCUT2D eigenvalue weighted by atomic mass is 10.5. The van der Waals surface area contributed by atoms with Crippen molar-refractivity contribution in [3.8, 4) is 0 Å². The summed E-state index contributed by atoms with van der Waals surface area (Å²) in [5, 5.41) is 7.43. The molecule has 0 aliphatic rings. The first-order valence-electron chi connectivity index (χ1n) is 3.66. The Morgan fingerprint density at radius 2 is 2.33 bits per heavy atom. The lowest BCUT2D eigenvalue weighted by Crippen LogP contribution is -2.27. The van der Waals surface area contributed by atoms with E-state index in [1.807, 2.05) is 6.92 Å². The Labute approximate surface area is 71.0 Å². The molecule has 66 valence electrons. The van der Waals surface area contributed by atoms with E-state index >= 15 is 0 Å². The van der Waals surface area contributed by atoms with Crippen LogP contribution >= 0.6 is 0 Å². The van der Waals surface area contributed by atoms with Crippen molar-refractivity contribution in [2.45, 2.75) is 13.5 Å². The molecule has 0 saturated heterocycles. The van der Waals surface area contributed by atoms with Crippen molar-refractivity contribution in [3.63, 3.8) is 0 Å². The molecule has 0 fully saturated rings. The van der Waals surface area contributed by atoms with Gasteiger partial charge in [0.25, 0.3) is 0 Å². The second-order valence-corrected chi connectivity index (χ2v) is 2.82. The number of amides is 1. The average Bonchev–Trinajstić information content (AvgIpc) is 2.36. The third-order valence-corrected chi connectivity index (χ3v) is 1.60. The van der Waals surface area contributed by atoms with Gasteiger partial charge in [0.2, 0.25) is 5.91 Å². The summed E-state index contributed by atoms with van der Waals surface area (Å²) < 4.78 is 1.57. The van der Waals surface area contributed by atoms with E-state index in [1.54, 1.807) is 25.0 Å². The van der Waals surface area contributed by atoms with Crippen molar-refractivity contribution in [3.05, 3.63) is 11.9 Å². The largest absolute Gasteiger partial charge is 0.347 e. The summed E-state index contributed by atoms with van der Waals surface area (Å²) in [6, 6.07) is 0. The predicted molar refractivity (Wildman–Crippen MR) is 43.5 cm³/mol. The van der Waals surface area contributed by atoms with Crippen LogP contribution in [0, 0.1) is 6.92 Å². The van der Waals surface area contributed by atoms with Gasteiger partial charge in [-0.3, -0.25) is 4.79 Å². The molecule has 0 saturated carbocycles. The van der Waals surface area contributed by atoms with E-state index in [9.17, 15) is 4.79 Å². The molecule has 0 aromatic carbocycles. The maximum absolute atomic E-state index is 11.2. The van der Waals surface area contributed by atoms with Crippen LogP contribution in [0.4, 0.5) is 0 Å². The molecule has 0 spiro atoms. The SMILES string of the molecule is Cc1cnnn1CC(=O)N(C)C. The molecule has 1 amide bonds. The van der Waals surface area contributed by atoms with E-state index < -0.39 is 0 Å². The number of likely N-dealkylation sites (N-methyl/N-ethyl adjacent to an activating group) is 1. The minimum absolute atomic E-state index is 0.0172. The lowest BCUT2D eigenvalue weighted by molar-refractivity contribution is -0.129. The van der Waals surface area contributed by atoms with Gasteiger partial charge in [-0.1, -0.05) is 5.21 Å². The molecule has 1 aromatic heterocycles. The Kier molecular flexibility index (Phi) is 2.42. The Bertz CT molecular complexity index is 279. The van der Waals surface area contributed by atoms with Gasteiger partial charge < -0.3 is 4.90 Å². The number of nitrogens with zero attached hydrogens (tertiary/aromatic N) is 4. The Morgan fingerprint density at radius 3 is 2.75 bits per heavy atom. The minimum Gasteiger partial charge on any atom is -0.347 e. The zero-order valence-corrected chi connectivity index (χ0v) is 7.48. The van der Waals surface area contributed by atoms with Crippen LogP contribution in [0.5, 0.6) is 0 Å². The number of hydrogen-bond acceptors (Lipinski definition) is 3. The van der Waals surface area contributed by atoms with Gasteiger partial charge in [0.1, 0.15) is 6.54 Å². The summed E-state index contributed by atoms with van der Waals surface area (Å²) in [5.41, 5.74) is 0.894. The molecular weight excluding hydrogens is 156 g/mol. The van der Waals surface area contributed by atoms with Crippen molar-refractivity contribution in [1.82, 2.24) is 19.9 Å². The number of carbonyl (C=O) groups excluding carboxylic acids is 1. The van der Waals surface area contributed by atoms with E-state index in [2.05, 4.69) is 10.3 Å². The molecule has 0 bridgehead atoms. The maximum Gasteiger partial charge on any atom is 0.243 e. The van der Waals surface area contributed by atoms with Crippen molar-refractivity contribution >= 4 is 5.91 Å². The molecule has 1 aromatic rings. The Hall–Kier alpha value is -1.39. The monoisotopic (exact) mass is 168 g/mol. The van der Waals surface area contributed by atoms with Crippen LogP contribution in [0.25, 0.3) is 0 Å². The van der Waals surface area contributed by atoms with Gasteiger partial charge in [0, 0.05) is 14.1 Å². The average molecular weight is 168 g/mol. The number of aromatic nitrogens is 3. The summed E-state index contributed by atoms with van der Waals surface area (Å²) >= 11 is 0. The van der Waals surface area contributed by atoms with Crippen LogP contribution in [0.3, 0.4) is 0 Å². The van der Waals surface area contributed by atoms with Gasteiger partial charge in [-0.2, -0.15) is 0 Å². The van der Waals surface area contributed by atoms with Crippen LogP contribution < -0.4 is 0 Å². The molecule has 12 heavy (non-hydrogen) atoms. The zero-order chi connectivity index (χ0) is 9.14. The molecule has 0 N–H and O–H groups in total. The Morgan fingerprint density at radius 1 is 1.67 bits per heavy atom. The first-order chi connectivity index (χ1) is 5.61. The van der Waals surface area contributed by atoms with Crippen molar-refractivity contribution in [1.29, 1.82) is 0 Å². The van der Waals surface area contributed by atoms with Gasteiger partial charge >= 0.3 is 0 Å². The zero-order valence-electron chi connectivity index (χ0n) is 7.48. The maximum atomic E-state index is 11.2. The molecule has 0 atom stereocenters. The van der Waals surface area contributed by atoms with Gasteiger partial charge in [-0.05, 0) is 6.92 Å². The van der Waals surface area contributed by atoms with Gasteiger partial charge in [0.05, 0.1) is 11.9 Å². The minimum atomic E-state index is 0.0172. The molecule has 5 nitrogen and oxygen atoms in total. The van der Waals surface area contributed by atoms with Crippen LogP contribution in [0.1, 0.15) is 5.69 Å². The first kappa shape index (κ1) is 8.70. The summed E-state index contributed by atoms with van der Waals surface area (Å²) in [5.74, 6) is 0.0172. The summed E-state index contributed by atoms with van der Waals surface area (Å²) in [6.07, 6.45) is 1.63. The molecule has 0 radical (unpaired) electrons. The van der Waals surface area contributed by atoms with Crippen molar-refractivity contribution < 1.29 is 4.79 Å². The second kappa shape index (κ2) is 3.34. The fraction of sp³-hybridized carbons (Fsp3) is 0.571. The third-order valence-electron chi connectivity index (χ3n) is 1.60.